The summed E-state index contributed by atoms with van der Waals surface area (Å²) in [6.45, 7) is 5.78. The van der Waals surface area contributed by atoms with E-state index in [0.29, 0.717) is 0 Å². The fourth-order valence-corrected chi connectivity index (χ4v) is 2.50. The van der Waals surface area contributed by atoms with Gasteiger partial charge in [0.2, 0.25) is 0 Å². The molecule has 0 aliphatic heterocycles. The molecule has 0 fully saturated rings. The number of nitrogens with one attached hydrogen (secondary N) is 1. The van der Waals surface area contributed by atoms with Crippen LogP contribution in [0.15, 0.2) is 40.8 Å². The van der Waals surface area contributed by atoms with E-state index in [-0.39, 0.29) is 12.5 Å². The number of hydrogen-bond donors (Lipinski definition) is 1. The molecule has 0 spiro atoms. The van der Waals surface area contributed by atoms with Gasteiger partial charge in [-0.05, 0) is 43.8 Å². The van der Waals surface area contributed by atoms with Gasteiger partial charge in [0.1, 0.15) is 5.75 Å². The van der Waals surface area contributed by atoms with E-state index < -0.39 is 0 Å². The number of ether oxygens (including phenoxy) is 1. The summed E-state index contributed by atoms with van der Waals surface area (Å²) >= 11 is 1.58. The quantitative estimate of drug-likeness (QED) is 0.680. The van der Waals surface area contributed by atoms with Gasteiger partial charge in [0.25, 0.3) is 5.91 Å². The molecule has 2 rings (SSSR count). The number of hydrazone groups is 1. The van der Waals surface area contributed by atoms with Gasteiger partial charge in [-0.3, -0.25) is 4.79 Å². The summed E-state index contributed by atoms with van der Waals surface area (Å²) in [6.07, 6.45) is 0. The van der Waals surface area contributed by atoms with E-state index in [0.717, 1.165) is 21.9 Å². The van der Waals surface area contributed by atoms with Gasteiger partial charge in [-0.1, -0.05) is 23.8 Å². The SMILES string of the molecule is C/C(=N\NC(=O)COc1ccc(C)cc1C)c1cccs1. The Kier molecular flexibility index (Phi) is 5.11. The van der Waals surface area contributed by atoms with Crippen molar-refractivity contribution in [3.8, 4) is 5.75 Å². The van der Waals surface area contributed by atoms with Gasteiger partial charge in [-0.2, -0.15) is 5.10 Å². The van der Waals surface area contributed by atoms with Crippen molar-refractivity contribution in [2.24, 2.45) is 5.10 Å². The zero-order chi connectivity index (χ0) is 15.2. The molecule has 1 aromatic heterocycles. The Morgan fingerprint density at radius 3 is 2.81 bits per heavy atom. The number of carbonyl (C=O) groups is 1. The highest BCUT2D eigenvalue weighted by Gasteiger charge is 2.05. The summed E-state index contributed by atoms with van der Waals surface area (Å²) in [6, 6.07) is 9.76. The second-order valence-electron chi connectivity index (χ2n) is 4.77. The molecule has 0 bridgehead atoms. The molecule has 0 saturated carbocycles. The maximum atomic E-state index is 11.7. The first-order valence-corrected chi connectivity index (χ1v) is 7.51. The maximum Gasteiger partial charge on any atom is 0.277 e. The van der Waals surface area contributed by atoms with Crippen molar-refractivity contribution >= 4 is 23.0 Å². The van der Waals surface area contributed by atoms with Crippen LogP contribution in [-0.4, -0.2) is 18.2 Å². The molecular weight excluding hydrogens is 284 g/mol. The Balaban J connectivity index is 1.86. The van der Waals surface area contributed by atoms with Gasteiger partial charge in [0.15, 0.2) is 6.61 Å². The molecular formula is C16H18N2O2S. The van der Waals surface area contributed by atoms with Gasteiger partial charge in [0.05, 0.1) is 5.71 Å². The highest BCUT2D eigenvalue weighted by atomic mass is 32.1. The molecule has 110 valence electrons. The molecule has 1 amide bonds. The predicted molar refractivity (Wildman–Crippen MR) is 86.1 cm³/mol. The first kappa shape index (κ1) is 15.3. The van der Waals surface area contributed by atoms with Crippen LogP contribution < -0.4 is 10.2 Å². The molecule has 0 radical (unpaired) electrons. The van der Waals surface area contributed by atoms with Crippen LogP contribution in [0, 0.1) is 13.8 Å². The van der Waals surface area contributed by atoms with E-state index in [2.05, 4.69) is 10.5 Å². The minimum absolute atomic E-state index is 0.0505. The lowest BCUT2D eigenvalue weighted by Crippen LogP contribution is -2.25. The van der Waals surface area contributed by atoms with Gasteiger partial charge in [-0.25, -0.2) is 5.43 Å². The summed E-state index contributed by atoms with van der Waals surface area (Å²) in [4.78, 5) is 12.8. The number of carbonyl (C=O) groups excluding carboxylic acids is 1. The van der Waals surface area contributed by atoms with E-state index in [9.17, 15) is 4.79 Å². The minimum Gasteiger partial charge on any atom is -0.483 e. The molecule has 0 atom stereocenters. The molecule has 0 aliphatic carbocycles. The number of hydrogen-bond acceptors (Lipinski definition) is 4. The van der Waals surface area contributed by atoms with Crippen molar-refractivity contribution in [1.82, 2.24) is 5.43 Å². The fraction of sp³-hybridized carbons (Fsp3) is 0.250. The van der Waals surface area contributed by atoms with Crippen molar-refractivity contribution < 1.29 is 9.53 Å². The second kappa shape index (κ2) is 7.04. The Morgan fingerprint density at radius 2 is 2.14 bits per heavy atom. The number of benzene rings is 1. The number of rotatable bonds is 5. The molecule has 2 aromatic rings. The van der Waals surface area contributed by atoms with E-state index in [1.54, 1.807) is 11.3 Å². The van der Waals surface area contributed by atoms with Crippen LogP contribution in [0.4, 0.5) is 0 Å². The number of aryl methyl sites for hydroxylation is 2. The lowest BCUT2D eigenvalue weighted by atomic mass is 10.1. The molecule has 1 heterocycles. The van der Waals surface area contributed by atoms with Gasteiger partial charge in [0, 0.05) is 4.88 Å². The third-order valence-corrected chi connectivity index (χ3v) is 3.89. The topological polar surface area (TPSA) is 50.7 Å². The number of thiophene rings is 1. The average Bonchev–Trinajstić information content (AvgIpc) is 2.98. The lowest BCUT2D eigenvalue weighted by Gasteiger charge is -2.08. The summed E-state index contributed by atoms with van der Waals surface area (Å²) in [5.74, 6) is 0.445. The lowest BCUT2D eigenvalue weighted by molar-refractivity contribution is -0.123. The van der Waals surface area contributed by atoms with Gasteiger partial charge < -0.3 is 4.74 Å². The third-order valence-electron chi connectivity index (χ3n) is 2.92. The summed E-state index contributed by atoms with van der Waals surface area (Å²) < 4.78 is 5.50. The third kappa shape index (κ3) is 4.43. The summed E-state index contributed by atoms with van der Waals surface area (Å²) in [7, 11) is 0. The van der Waals surface area contributed by atoms with E-state index in [4.69, 9.17) is 4.74 Å². The zero-order valence-corrected chi connectivity index (χ0v) is 13.2. The molecule has 0 saturated heterocycles. The van der Waals surface area contributed by atoms with Crippen molar-refractivity contribution in [3.05, 3.63) is 51.7 Å². The summed E-state index contributed by atoms with van der Waals surface area (Å²) in [5.41, 5.74) is 5.47. The highest BCUT2D eigenvalue weighted by molar-refractivity contribution is 7.12. The molecule has 4 nitrogen and oxygen atoms in total. The Morgan fingerprint density at radius 1 is 1.33 bits per heavy atom. The normalized spacial score (nSPS) is 11.3. The van der Waals surface area contributed by atoms with Crippen LogP contribution in [0.1, 0.15) is 22.9 Å². The average molecular weight is 302 g/mol. The zero-order valence-electron chi connectivity index (χ0n) is 12.3. The van der Waals surface area contributed by atoms with Crippen LogP contribution in [0.2, 0.25) is 0 Å². The Bertz CT molecular complexity index is 648. The van der Waals surface area contributed by atoms with E-state index in [1.807, 2.05) is 56.5 Å². The Labute approximate surface area is 128 Å². The molecule has 21 heavy (non-hydrogen) atoms. The van der Waals surface area contributed by atoms with Crippen LogP contribution in [0.3, 0.4) is 0 Å². The van der Waals surface area contributed by atoms with E-state index in [1.165, 1.54) is 5.56 Å². The first-order chi connectivity index (χ1) is 10.1. The largest absolute Gasteiger partial charge is 0.483 e. The van der Waals surface area contributed by atoms with Crippen LogP contribution in [-0.2, 0) is 4.79 Å². The van der Waals surface area contributed by atoms with Crippen molar-refractivity contribution in [2.75, 3.05) is 6.61 Å². The minimum atomic E-state index is -0.272. The van der Waals surface area contributed by atoms with Crippen molar-refractivity contribution in [1.29, 1.82) is 0 Å². The van der Waals surface area contributed by atoms with Crippen molar-refractivity contribution in [2.45, 2.75) is 20.8 Å². The van der Waals surface area contributed by atoms with Gasteiger partial charge in [-0.15, -0.1) is 11.3 Å². The first-order valence-electron chi connectivity index (χ1n) is 6.63. The maximum absolute atomic E-state index is 11.7. The molecule has 5 heteroatoms. The monoisotopic (exact) mass is 302 g/mol. The predicted octanol–water partition coefficient (Wildman–Crippen LogP) is 3.28. The molecule has 0 unspecified atom stereocenters. The van der Waals surface area contributed by atoms with Crippen molar-refractivity contribution in [3.63, 3.8) is 0 Å². The van der Waals surface area contributed by atoms with E-state index >= 15 is 0 Å². The summed E-state index contributed by atoms with van der Waals surface area (Å²) in [5, 5.41) is 6.03. The fourth-order valence-electron chi connectivity index (χ4n) is 1.82. The second-order valence-corrected chi connectivity index (χ2v) is 5.71. The molecule has 1 N–H and O–H groups in total. The van der Waals surface area contributed by atoms with Gasteiger partial charge >= 0.3 is 0 Å². The van der Waals surface area contributed by atoms with Crippen LogP contribution in [0.5, 0.6) is 5.75 Å². The molecule has 1 aromatic carbocycles. The standard InChI is InChI=1S/C16H18N2O2S/c1-11-6-7-14(12(2)9-11)20-10-16(19)18-17-13(3)15-5-4-8-21-15/h4-9H,10H2,1-3H3,(H,18,19)/b17-13+. The highest BCUT2D eigenvalue weighted by Crippen LogP contribution is 2.18. The van der Waals surface area contributed by atoms with Crippen LogP contribution >= 0.6 is 11.3 Å². The number of amides is 1. The molecule has 0 aliphatic rings. The van der Waals surface area contributed by atoms with Crippen LogP contribution in [0.25, 0.3) is 0 Å². The number of nitrogens with zero attached hydrogens (tertiary/aromatic N) is 1. The smallest absolute Gasteiger partial charge is 0.277 e. The Hall–Kier alpha value is -2.14.